The van der Waals surface area contributed by atoms with Gasteiger partial charge in [-0.05, 0) is 54.2 Å². The van der Waals surface area contributed by atoms with Gasteiger partial charge in [0.1, 0.15) is 5.60 Å². The molecule has 50 heavy (non-hydrogen) atoms. The van der Waals surface area contributed by atoms with Crippen LogP contribution in [-0.4, -0.2) is 24.3 Å². The number of carboxylic acids is 1. The van der Waals surface area contributed by atoms with E-state index in [1.807, 2.05) is 12.2 Å². The summed E-state index contributed by atoms with van der Waals surface area (Å²) in [7, 11) is 0. The average Bonchev–Trinajstić information content (AvgIpc) is 3.14. The molecule has 0 radical (unpaired) electrons. The summed E-state index contributed by atoms with van der Waals surface area (Å²) in [4.78, 5) is 11.7. The molecule has 3 rings (SSSR count). The van der Waals surface area contributed by atoms with Gasteiger partial charge in [-0.2, -0.15) is 0 Å². The van der Waals surface area contributed by atoms with E-state index in [2.05, 4.69) is 69.3 Å². The second kappa shape index (κ2) is 25.3. The minimum atomic E-state index is -0.897. The van der Waals surface area contributed by atoms with Crippen LogP contribution in [0.5, 0.6) is 0 Å². The van der Waals surface area contributed by atoms with Crippen molar-refractivity contribution in [2.75, 3.05) is 13.2 Å². The van der Waals surface area contributed by atoms with Gasteiger partial charge in [0.05, 0.1) is 11.7 Å². The summed E-state index contributed by atoms with van der Waals surface area (Å²) in [6, 6.07) is 17.2. The van der Waals surface area contributed by atoms with Gasteiger partial charge in [-0.15, -0.1) is 0 Å². The lowest BCUT2D eigenvalue weighted by Crippen LogP contribution is -2.30. The Morgan fingerprint density at radius 1 is 0.680 bits per heavy atom. The highest BCUT2D eigenvalue weighted by molar-refractivity contribution is 5.90. The molecule has 2 unspecified atom stereocenters. The molecule has 0 heterocycles. The van der Waals surface area contributed by atoms with E-state index >= 15 is 0 Å². The molecular formula is C46H70O4. The topological polar surface area (TPSA) is 55.8 Å². The Balaban J connectivity index is 1.46. The van der Waals surface area contributed by atoms with Crippen molar-refractivity contribution in [2.45, 2.75) is 174 Å². The molecule has 0 fully saturated rings. The third-order valence-corrected chi connectivity index (χ3v) is 10.5. The van der Waals surface area contributed by atoms with Gasteiger partial charge >= 0.3 is 5.97 Å². The fourth-order valence-corrected chi connectivity index (χ4v) is 7.17. The molecule has 4 nitrogen and oxygen atoms in total. The maximum Gasteiger partial charge on any atom is 0.335 e. The number of unbranched alkanes of at least 4 members (excludes halogenated alkanes) is 19. The molecule has 0 aromatic heterocycles. The van der Waals surface area contributed by atoms with E-state index in [0.29, 0.717) is 18.6 Å². The van der Waals surface area contributed by atoms with Gasteiger partial charge in [-0.3, -0.25) is 0 Å². The number of rotatable bonds is 29. The smallest absolute Gasteiger partial charge is 0.335 e. The number of hydrogen-bond donors (Lipinski definition) is 1. The van der Waals surface area contributed by atoms with Crippen LogP contribution < -0.4 is 0 Å². The van der Waals surface area contributed by atoms with Crippen molar-refractivity contribution in [3.05, 3.63) is 83.5 Å². The number of carbonyl (C=O) groups is 1. The average molecular weight is 687 g/mol. The molecule has 1 N–H and O–H groups in total. The lowest BCUT2D eigenvalue weighted by molar-refractivity contribution is -0.132. The highest BCUT2D eigenvalue weighted by Crippen LogP contribution is 2.41. The van der Waals surface area contributed by atoms with E-state index in [-0.39, 0.29) is 6.10 Å². The minimum absolute atomic E-state index is 0.0544. The summed E-state index contributed by atoms with van der Waals surface area (Å²) in [5, 5.41) is 9.61. The number of carboxylic acid groups (broad SMARTS) is 1. The zero-order valence-corrected chi connectivity index (χ0v) is 32.1. The van der Waals surface area contributed by atoms with E-state index in [4.69, 9.17) is 9.47 Å². The van der Waals surface area contributed by atoms with E-state index in [9.17, 15) is 9.90 Å². The summed E-state index contributed by atoms with van der Waals surface area (Å²) < 4.78 is 13.0. The molecule has 4 heteroatoms. The van der Waals surface area contributed by atoms with Crippen LogP contribution in [0.1, 0.15) is 179 Å². The van der Waals surface area contributed by atoms with Crippen LogP contribution in [0.4, 0.5) is 0 Å². The summed E-state index contributed by atoms with van der Waals surface area (Å²) in [6.07, 6.45) is 33.7. The summed E-state index contributed by atoms with van der Waals surface area (Å²) in [5.41, 5.74) is 4.14. The molecule has 2 aromatic carbocycles. The highest BCUT2D eigenvalue weighted by Gasteiger charge is 2.34. The van der Waals surface area contributed by atoms with E-state index in [1.54, 1.807) is 6.08 Å². The van der Waals surface area contributed by atoms with E-state index in [0.717, 1.165) is 42.6 Å². The van der Waals surface area contributed by atoms with Gasteiger partial charge in [-0.25, -0.2) is 4.79 Å². The number of aliphatic carboxylic acids is 1. The number of ether oxygens (including phenoxy) is 2. The molecule has 0 bridgehead atoms. The maximum atomic E-state index is 11.7. The van der Waals surface area contributed by atoms with Crippen molar-refractivity contribution in [2.24, 2.45) is 0 Å². The summed E-state index contributed by atoms with van der Waals surface area (Å²) >= 11 is 0. The van der Waals surface area contributed by atoms with Gasteiger partial charge in [0.15, 0.2) is 0 Å². The lowest BCUT2D eigenvalue weighted by Gasteiger charge is -2.34. The molecule has 0 saturated carbocycles. The molecule has 2 atom stereocenters. The van der Waals surface area contributed by atoms with E-state index in [1.165, 1.54) is 121 Å². The van der Waals surface area contributed by atoms with E-state index < -0.39 is 11.6 Å². The Kier molecular flexibility index (Phi) is 21.1. The Morgan fingerprint density at radius 2 is 1.18 bits per heavy atom. The summed E-state index contributed by atoms with van der Waals surface area (Å²) in [6.45, 7) is 8.14. The van der Waals surface area contributed by atoms with Crippen LogP contribution in [0.3, 0.4) is 0 Å². The monoisotopic (exact) mass is 687 g/mol. The fraction of sp³-hybridized carbons (Fsp3) is 0.630. The normalized spacial score (nSPS) is 16.4. The third-order valence-electron chi connectivity index (χ3n) is 10.5. The second-order valence-corrected chi connectivity index (χ2v) is 14.6. The first-order chi connectivity index (χ1) is 24.5. The lowest BCUT2D eigenvalue weighted by atomic mass is 9.81. The van der Waals surface area contributed by atoms with Crippen molar-refractivity contribution in [1.29, 1.82) is 0 Å². The van der Waals surface area contributed by atoms with Crippen LogP contribution in [0.15, 0.2) is 72.3 Å². The first kappa shape index (κ1) is 41.7. The minimum Gasteiger partial charge on any atom is -0.478 e. The standard InChI is InChI=1S/C46H70O4/c1-4-6-8-10-12-13-14-15-16-17-18-20-21-25-37-49-39(3)40-29-31-41(32-30-40)43-27-23-24-28-44(43)46(35-33-42(34-36-46)45(47)48)50-38-26-22-19-11-9-7-5-2/h23-24,27-35,39H,4-22,25-26,36-38H2,1-3H3,(H,47,48). The molecule has 0 aliphatic heterocycles. The Labute approximate surface area is 306 Å². The Hall–Kier alpha value is -2.69. The molecule has 2 aromatic rings. The van der Waals surface area contributed by atoms with Crippen molar-refractivity contribution in [3.63, 3.8) is 0 Å². The van der Waals surface area contributed by atoms with Crippen molar-refractivity contribution in [3.8, 4) is 11.1 Å². The molecule has 1 aliphatic carbocycles. The predicted molar refractivity (Wildman–Crippen MR) is 212 cm³/mol. The molecule has 0 spiro atoms. The first-order valence-electron chi connectivity index (χ1n) is 20.6. The first-order valence-corrected chi connectivity index (χ1v) is 20.6. The highest BCUT2D eigenvalue weighted by atomic mass is 16.5. The van der Waals surface area contributed by atoms with Crippen LogP contribution in [0.2, 0.25) is 0 Å². The zero-order chi connectivity index (χ0) is 35.7. The van der Waals surface area contributed by atoms with Crippen LogP contribution in [-0.2, 0) is 19.9 Å². The van der Waals surface area contributed by atoms with Gasteiger partial charge in [0.25, 0.3) is 0 Å². The third kappa shape index (κ3) is 15.3. The van der Waals surface area contributed by atoms with Crippen LogP contribution >= 0.6 is 0 Å². The van der Waals surface area contributed by atoms with Crippen molar-refractivity contribution < 1.29 is 19.4 Å². The quantitative estimate of drug-likeness (QED) is 0.0866. The fourth-order valence-electron chi connectivity index (χ4n) is 7.17. The SMILES string of the molecule is CCCCCCCCCCCCCCCCOC(C)c1ccc(-c2ccccc2C2(OCCCCCCCCC)C=CC(C(=O)O)=CC2)cc1. The number of hydrogen-bond acceptors (Lipinski definition) is 3. The van der Waals surface area contributed by atoms with Crippen LogP contribution in [0, 0.1) is 0 Å². The zero-order valence-electron chi connectivity index (χ0n) is 32.1. The van der Waals surface area contributed by atoms with Gasteiger partial charge in [0.2, 0.25) is 0 Å². The van der Waals surface area contributed by atoms with Crippen molar-refractivity contribution in [1.82, 2.24) is 0 Å². The van der Waals surface area contributed by atoms with Crippen molar-refractivity contribution >= 4 is 5.97 Å². The van der Waals surface area contributed by atoms with Crippen LogP contribution in [0.25, 0.3) is 11.1 Å². The van der Waals surface area contributed by atoms with Gasteiger partial charge in [-0.1, -0.05) is 190 Å². The largest absolute Gasteiger partial charge is 0.478 e. The van der Waals surface area contributed by atoms with Gasteiger partial charge in [0, 0.05) is 19.6 Å². The molecule has 1 aliphatic rings. The predicted octanol–water partition coefficient (Wildman–Crippen LogP) is 13.8. The Bertz CT molecular complexity index is 1250. The second-order valence-electron chi connectivity index (χ2n) is 14.6. The molecule has 278 valence electrons. The molecule has 0 amide bonds. The Morgan fingerprint density at radius 3 is 1.68 bits per heavy atom. The molecule has 0 saturated heterocycles. The molecular weight excluding hydrogens is 617 g/mol. The maximum absolute atomic E-state index is 11.7. The van der Waals surface area contributed by atoms with Gasteiger partial charge < -0.3 is 14.6 Å². The number of benzene rings is 2. The summed E-state index contributed by atoms with van der Waals surface area (Å²) in [5.74, 6) is -0.897.